The van der Waals surface area contributed by atoms with Gasteiger partial charge in [0.1, 0.15) is 11.8 Å². The SMILES string of the molecule is CC(C)Cc1nc2n(n1)C(C(=O)NCc1ccco1)CC(=O)N2. The highest BCUT2D eigenvalue weighted by Gasteiger charge is 2.33. The van der Waals surface area contributed by atoms with Crippen LogP contribution in [0.25, 0.3) is 0 Å². The summed E-state index contributed by atoms with van der Waals surface area (Å²) in [6, 6.07) is 2.83. The Balaban J connectivity index is 1.75. The molecule has 0 radical (unpaired) electrons. The fourth-order valence-electron chi connectivity index (χ4n) is 2.47. The number of hydrogen-bond donors (Lipinski definition) is 2. The summed E-state index contributed by atoms with van der Waals surface area (Å²) >= 11 is 0. The highest BCUT2D eigenvalue weighted by atomic mass is 16.3. The van der Waals surface area contributed by atoms with Gasteiger partial charge < -0.3 is 9.73 Å². The van der Waals surface area contributed by atoms with E-state index in [2.05, 4.69) is 34.6 Å². The smallest absolute Gasteiger partial charge is 0.245 e. The molecule has 0 saturated carbocycles. The lowest BCUT2D eigenvalue weighted by molar-refractivity contribution is -0.129. The predicted molar refractivity (Wildman–Crippen MR) is 81.4 cm³/mol. The van der Waals surface area contributed by atoms with Gasteiger partial charge in [-0.2, -0.15) is 10.1 Å². The second-order valence-corrected chi connectivity index (χ2v) is 5.96. The Labute approximate surface area is 133 Å². The van der Waals surface area contributed by atoms with Gasteiger partial charge >= 0.3 is 0 Å². The zero-order valence-corrected chi connectivity index (χ0v) is 13.1. The normalized spacial score (nSPS) is 17.0. The molecule has 2 aromatic rings. The number of hydrogen-bond acceptors (Lipinski definition) is 5. The summed E-state index contributed by atoms with van der Waals surface area (Å²) in [5.41, 5.74) is 0. The molecule has 23 heavy (non-hydrogen) atoms. The molecule has 0 fully saturated rings. The van der Waals surface area contributed by atoms with Gasteiger partial charge in [-0.25, -0.2) is 4.68 Å². The van der Waals surface area contributed by atoms with Gasteiger partial charge in [0.2, 0.25) is 17.8 Å². The number of carbonyl (C=O) groups is 2. The lowest BCUT2D eigenvalue weighted by Crippen LogP contribution is -2.39. The van der Waals surface area contributed by atoms with E-state index in [4.69, 9.17) is 4.42 Å². The van der Waals surface area contributed by atoms with E-state index in [9.17, 15) is 9.59 Å². The van der Waals surface area contributed by atoms with Gasteiger partial charge in [0.05, 0.1) is 19.2 Å². The first kappa shape index (κ1) is 15.3. The van der Waals surface area contributed by atoms with Crippen LogP contribution < -0.4 is 10.6 Å². The Morgan fingerprint density at radius 3 is 3.09 bits per heavy atom. The maximum absolute atomic E-state index is 12.4. The number of fused-ring (bicyclic) bond motifs is 1. The molecule has 0 aliphatic carbocycles. The minimum Gasteiger partial charge on any atom is -0.467 e. The van der Waals surface area contributed by atoms with Crippen molar-refractivity contribution >= 4 is 17.8 Å². The zero-order valence-electron chi connectivity index (χ0n) is 13.1. The van der Waals surface area contributed by atoms with Crippen molar-refractivity contribution in [2.45, 2.75) is 39.3 Å². The third kappa shape index (κ3) is 3.41. The van der Waals surface area contributed by atoms with Crippen molar-refractivity contribution in [1.82, 2.24) is 20.1 Å². The van der Waals surface area contributed by atoms with E-state index in [1.807, 2.05) is 0 Å². The van der Waals surface area contributed by atoms with Gasteiger partial charge in [-0.05, 0) is 18.1 Å². The molecule has 8 heteroatoms. The number of aromatic nitrogens is 3. The third-order valence-corrected chi connectivity index (χ3v) is 3.51. The van der Waals surface area contributed by atoms with Crippen molar-refractivity contribution in [3.63, 3.8) is 0 Å². The monoisotopic (exact) mass is 317 g/mol. The number of rotatable bonds is 5. The number of carbonyl (C=O) groups excluding carboxylic acids is 2. The molecule has 1 aliphatic rings. The highest BCUT2D eigenvalue weighted by Crippen LogP contribution is 2.23. The van der Waals surface area contributed by atoms with Crippen LogP contribution in [0.3, 0.4) is 0 Å². The van der Waals surface area contributed by atoms with Crippen LogP contribution in [-0.4, -0.2) is 26.6 Å². The van der Waals surface area contributed by atoms with Gasteiger partial charge in [-0.3, -0.25) is 14.9 Å². The Morgan fingerprint density at radius 1 is 1.57 bits per heavy atom. The van der Waals surface area contributed by atoms with Crippen molar-refractivity contribution in [3.8, 4) is 0 Å². The average Bonchev–Trinajstić information content (AvgIpc) is 3.11. The molecule has 2 aromatic heterocycles. The Bertz CT molecular complexity index is 705. The van der Waals surface area contributed by atoms with Gasteiger partial charge in [0.15, 0.2) is 5.82 Å². The van der Waals surface area contributed by atoms with Crippen LogP contribution in [0.1, 0.15) is 37.9 Å². The molecule has 0 saturated heterocycles. The first-order chi connectivity index (χ1) is 11.0. The molecule has 0 bridgehead atoms. The van der Waals surface area contributed by atoms with Crippen LogP contribution >= 0.6 is 0 Å². The summed E-state index contributed by atoms with van der Waals surface area (Å²) in [7, 11) is 0. The first-order valence-electron chi connectivity index (χ1n) is 7.58. The summed E-state index contributed by atoms with van der Waals surface area (Å²) in [6.45, 7) is 4.39. The van der Waals surface area contributed by atoms with Gasteiger partial charge in [-0.1, -0.05) is 13.8 Å². The van der Waals surface area contributed by atoms with E-state index in [0.717, 1.165) is 0 Å². The van der Waals surface area contributed by atoms with Gasteiger partial charge in [-0.15, -0.1) is 0 Å². The lowest BCUT2D eigenvalue weighted by atomic mass is 10.1. The van der Waals surface area contributed by atoms with Gasteiger partial charge in [0, 0.05) is 6.42 Å². The van der Waals surface area contributed by atoms with Crippen molar-refractivity contribution in [3.05, 3.63) is 30.0 Å². The van der Waals surface area contributed by atoms with Crippen LogP contribution in [-0.2, 0) is 22.6 Å². The maximum atomic E-state index is 12.4. The Kier molecular flexibility index (Phi) is 4.14. The van der Waals surface area contributed by atoms with Crippen molar-refractivity contribution in [2.75, 3.05) is 5.32 Å². The second kappa shape index (κ2) is 6.23. The molecule has 8 nitrogen and oxygen atoms in total. The number of anilines is 1. The first-order valence-corrected chi connectivity index (χ1v) is 7.58. The van der Waals surface area contributed by atoms with E-state index >= 15 is 0 Å². The second-order valence-electron chi connectivity index (χ2n) is 5.96. The molecule has 1 atom stereocenters. The topological polar surface area (TPSA) is 102 Å². The number of nitrogens with zero attached hydrogens (tertiary/aromatic N) is 3. The van der Waals surface area contributed by atoms with Crippen LogP contribution in [0.5, 0.6) is 0 Å². The molecule has 1 unspecified atom stereocenters. The molecule has 2 amide bonds. The van der Waals surface area contributed by atoms with E-state index in [1.54, 1.807) is 18.4 Å². The minimum absolute atomic E-state index is 0.0431. The summed E-state index contributed by atoms with van der Waals surface area (Å²) in [5.74, 6) is 1.48. The van der Waals surface area contributed by atoms with Crippen LogP contribution in [0, 0.1) is 5.92 Å². The van der Waals surface area contributed by atoms with E-state index in [0.29, 0.717) is 29.9 Å². The highest BCUT2D eigenvalue weighted by molar-refractivity contribution is 5.96. The van der Waals surface area contributed by atoms with Crippen molar-refractivity contribution in [1.29, 1.82) is 0 Å². The van der Waals surface area contributed by atoms with E-state index in [-0.39, 0.29) is 24.8 Å². The van der Waals surface area contributed by atoms with Crippen molar-refractivity contribution < 1.29 is 14.0 Å². The molecule has 122 valence electrons. The molecule has 1 aliphatic heterocycles. The van der Waals surface area contributed by atoms with Crippen LogP contribution in [0.4, 0.5) is 5.95 Å². The molecule has 0 aromatic carbocycles. The number of amides is 2. The molecular weight excluding hydrogens is 298 g/mol. The number of nitrogens with one attached hydrogen (secondary N) is 2. The fraction of sp³-hybridized carbons (Fsp3) is 0.467. The van der Waals surface area contributed by atoms with Crippen LogP contribution in [0.15, 0.2) is 22.8 Å². The molecule has 3 heterocycles. The maximum Gasteiger partial charge on any atom is 0.245 e. The Hall–Kier alpha value is -2.64. The molecule has 3 rings (SSSR count). The Morgan fingerprint density at radius 2 is 2.39 bits per heavy atom. The summed E-state index contributed by atoms with van der Waals surface area (Å²) in [4.78, 5) is 28.5. The zero-order chi connectivity index (χ0) is 16.4. The minimum atomic E-state index is -0.692. The summed E-state index contributed by atoms with van der Waals surface area (Å²) in [6.07, 6.45) is 2.28. The standard InChI is InChI=1S/C15H19N5O3/c1-9(2)6-12-17-15-18-13(21)7-11(20(15)19-12)14(22)16-8-10-4-3-5-23-10/h3-5,9,11H,6-8H2,1-2H3,(H,16,22)(H,17,18,19,21). The number of furan rings is 1. The van der Waals surface area contributed by atoms with Gasteiger partial charge in [0.25, 0.3) is 0 Å². The molecule has 0 spiro atoms. The fourth-order valence-corrected chi connectivity index (χ4v) is 2.47. The van der Waals surface area contributed by atoms with Crippen LogP contribution in [0.2, 0.25) is 0 Å². The lowest BCUT2D eigenvalue weighted by Gasteiger charge is -2.22. The quantitative estimate of drug-likeness (QED) is 0.864. The van der Waals surface area contributed by atoms with E-state index < -0.39 is 6.04 Å². The molecular formula is C15H19N5O3. The predicted octanol–water partition coefficient (Wildman–Crippen LogP) is 1.27. The summed E-state index contributed by atoms with van der Waals surface area (Å²) < 4.78 is 6.68. The largest absolute Gasteiger partial charge is 0.467 e. The average molecular weight is 317 g/mol. The molecule has 2 N–H and O–H groups in total. The summed E-state index contributed by atoms with van der Waals surface area (Å²) in [5, 5.41) is 9.80. The van der Waals surface area contributed by atoms with Crippen molar-refractivity contribution in [2.24, 2.45) is 5.92 Å². The van der Waals surface area contributed by atoms with E-state index in [1.165, 1.54) is 4.68 Å². The third-order valence-electron chi connectivity index (χ3n) is 3.51.